The van der Waals surface area contributed by atoms with E-state index in [-0.39, 0.29) is 15.1 Å². The molecule has 0 radical (unpaired) electrons. The van der Waals surface area contributed by atoms with Crippen LogP contribution in [0.3, 0.4) is 0 Å². The van der Waals surface area contributed by atoms with E-state index in [4.69, 9.17) is 0 Å². The van der Waals surface area contributed by atoms with Crippen molar-refractivity contribution in [2.45, 2.75) is 28.0 Å². The van der Waals surface area contributed by atoms with Gasteiger partial charge in [-0.3, -0.25) is 4.72 Å². The second-order valence-corrected chi connectivity index (χ2v) is 9.53. The van der Waals surface area contributed by atoms with Gasteiger partial charge in [0.2, 0.25) is 10.0 Å². The van der Waals surface area contributed by atoms with E-state index in [1.165, 1.54) is 30.3 Å². The predicted octanol–water partition coefficient (Wildman–Crippen LogP) is 1.99. The van der Waals surface area contributed by atoms with Crippen molar-refractivity contribution >= 4 is 37.1 Å². The Morgan fingerprint density at radius 1 is 0.955 bits per heavy atom. The highest BCUT2D eigenvalue weighted by Gasteiger charge is 2.27. The molecule has 0 bridgehead atoms. The highest BCUT2D eigenvalue weighted by atomic mass is 32.2. The Bertz CT molecular complexity index is 853. The zero-order chi connectivity index (χ0) is 15.8. The maximum Gasteiger partial charge on any atom is 0.271 e. The molecule has 0 spiro atoms. The van der Waals surface area contributed by atoms with Gasteiger partial charge in [-0.25, -0.2) is 21.6 Å². The zero-order valence-electron chi connectivity index (χ0n) is 11.4. The Kier molecular flexibility index (Phi) is 3.98. The molecule has 3 rings (SSSR count). The van der Waals surface area contributed by atoms with E-state index in [1.807, 2.05) is 0 Å². The van der Waals surface area contributed by atoms with E-state index in [1.54, 1.807) is 11.4 Å². The van der Waals surface area contributed by atoms with Crippen LogP contribution >= 0.6 is 11.3 Å². The average molecular weight is 358 g/mol. The summed E-state index contributed by atoms with van der Waals surface area (Å²) < 4.78 is 53.4. The smallest absolute Gasteiger partial charge is 0.271 e. The molecule has 2 aromatic rings. The molecule has 0 atom stereocenters. The summed E-state index contributed by atoms with van der Waals surface area (Å²) in [4.78, 5) is 0.124. The fourth-order valence-corrected chi connectivity index (χ4v) is 5.17. The Labute approximate surface area is 133 Å². The molecule has 1 aromatic carbocycles. The number of anilines is 1. The lowest BCUT2D eigenvalue weighted by Crippen LogP contribution is -2.25. The number of benzene rings is 1. The molecule has 2 N–H and O–H groups in total. The average Bonchev–Trinajstić information content (AvgIpc) is 3.07. The van der Waals surface area contributed by atoms with Gasteiger partial charge in [0.1, 0.15) is 4.21 Å². The second kappa shape index (κ2) is 5.65. The first-order valence-electron chi connectivity index (χ1n) is 6.55. The Hall–Kier alpha value is -1.42. The summed E-state index contributed by atoms with van der Waals surface area (Å²) in [7, 11) is -7.15. The lowest BCUT2D eigenvalue weighted by atomic mass is 10.3. The molecule has 1 saturated carbocycles. The van der Waals surface area contributed by atoms with E-state index in [9.17, 15) is 16.8 Å². The summed E-state index contributed by atoms with van der Waals surface area (Å²) in [6, 6.07) is 8.83. The quantitative estimate of drug-likeness (QED) is 0.826. The van der Waals surface area contributed by atoms with Gasteiger partial charge in [-0.15, -0.1) is 11.3 Å². The molecule has 22 heavy (non-hydrogen) atoms. The van der Waals surface area contributed by atoms with Crippen LogP contribution in [-0.4, -0.2) is 22.9 Å². The fourth-order valence-electron chi connectivity index (χ4n) is 1.81. The van der Waals surface area contributed by atoms with Crippen molar-refractivity contribution in [3.63, 3.8) is 0 Å². The molecule has 118 valence electrons. The van der Waals surface area contributed by atoms with Crippen molar-refractivity contribution in [3.8, 4) is 0 Å². The monoisotopic (exact) mass is 358 g/mol. The van der Waals surface area contributed by atoms with E-state index >= 15 is 0 Å². The minimum absolute atomic E-state index is 0.0296. The van der Waals surface area contributed by atoms with Crippen LogP contribution in [0.25, 0.3) is 0 Å². The third kappa shape index (κ3) is 3.49. The van der Waals surface area contributed by atoms with Crippen LogP contribution in [0.15, 0.2) is 50.9 Å². The minimum atomic E-state index is -3.62. The van der Waals surface area contributed by atoms with Gasteiger partial charge in [0, 0.05) is 11.7 Å². The van der Waals surface area contributed by atoms with Crippen LogP contribution in [0.1, 0.15) is 12.8 Å². The molecular formula is C13H14N2O4S3. The molecule has 0 aliphatic heterocycles. The molecule has 0 unspecified atom stereocenters. The van der Waals surface area contributed by atoms with Crippen molar-refractivity contribution in [1.29, 1.82) is 0 Å². The molecular weight excluding hydrogens is 344 g/mol. The Balaban J connectivity index is 1.77. The van der Waals surface area contributed by atoms with Gasteiger partial charge in [-0.2, -0.15) is 0 Å². The highest BCUT2D eigenvalue weighted by molar-refractivity contribution is 7.94. The van der Waals surface area contributed by atoms with E-state index in [0.717, 1.165) is 24.2 Å². The fraction of sp³-hybridized carbons (Fsp3) is 0.231. The molecule has 9 heteroatoms. The summed E-state index contributed by atoms with van der Waals surface area (Å²) in [5.41, 5.74) is 0.318. The van der Waals surface area contributed by atoms with Crippen LogP contribution in [0.2, 0.25) is 0 Å². The van der Waals surface area contributed by atoms with Crippen LogP contribution in [-0.2, 0) is 20.0 Å². The zero-order valence-corrected chi connectivity index (χ0v) is 13.8. The highest BCUT2D eigenvalue weighted by Crippen LogP contribution is 2.24. The molecule has 0 amide bonds. The maximum atomic E-state index is 12.1. The van der Waals surface area contributed by atoms with E-state index in [0.29, 0.717) is 5.69 Å². The van der Waals surface area contributed by atoms with Crippen LogP contribution < -0.4 is 9.44 Å². The van der Waals surface area contributed by atoms with Gasteiger partial charge in [0.25, 0.3) is 10.0 Å². The van der Waals surface area contributed by atoms with Crippen molar-refractivity contribution in [1.82, 2.24) is 4.72 Å². The van der Waals surface area contributed by atoms with Crippen LogP contribution in [0.5, 0.6) is 0 Å². The first-order chi connectivity index (χ1) is 10.4. The third-order valence-corrected chi connectivity index (χ3v) is 7.39. The molecule has 1 aliphatic rings. The van der Waals surface area contributed by atoms with Gasteiger partial charge < -0.3 is 0 Å². The SMILES string of the molecule is O=S(=O)(NC1CC1)c1ccc(NS(=O)(=O)c2cccs2)cc1. The summed E-state index contributed by atoms with van der Waals surface area (Å²) >= 11 is 1.11. The van der Waals surface area contributed by atoms with E-state index < -0.39 is 20.0 Å². The van der Waals surface area contributed by atoms with Gasteiger partial charge in [-0.05, 0) is 48.6 Å². The summed E-state index contributed by atoms with van der Waals surface area (Å²) in [6.45, 7) is 0. The minimum Gasteiger partial charge on any atom is -0.279 e. The molecule has 1 heterocycles. The van der Waals surface area contributed by atoms with Gasteiger partial charge in [-0.1, -0.05) is 6.07 Å². The number of nitrogens with one attached hydrogen (secondary N) is 2. The molecule has 1 aromatic heterocycles. The molecule has 6 nitrogen and oxygen atoms in total. The van der Waals surface area contributed by atoms with Crippen molar-refractivity contribution in [2.24, 2.45) is 0 Å². The lowest BCUT2D eigenvalue weighted by Gasteiger charge is -2.08. The number of hydrogen-bond donors (Lipinski definition) is 2. The first kappa shape index (κ1) is 15.5. The molecule has 1 aliphatic carbocycles. The third-order valence-electron chi connectivity index (χ3n) is 3.08. The van der Waals surface area contributed by atoms with Crippen molar-refractivity contribution in [2.75, 3.05) is 4.72 Å². The maximum absolute atomic E-state index is 12.1. The van der Waals surface area contributed by atoms with Crippen molar-refractivity contribution in [3.05, 3.63) is 41.8 Å². The Morgan fingerprint density at radius 2 is 1.64 bits per heavy atom. The van der Waals surface area contributed by atoms with Crippen molar-refractivity contribution < 1.29 is 16.8 Å². The number of thiophene rings is 1. The van der Waals surface area contributed by atoms with E-state index in [2.05, 4.69) is 9.44 Å². The predicted molar refractivity (Wildman–Crippen MR) is 84.9 cm³/mol. The lowest BCUT2D eigenvalue weighted by molar-refractivity contribution is 0.581. The number of rotatable bonds is 6. The normalized spacial score (nSPS) is 15.6. The molecule has 1 fully saturated rings. The topological polar surface area (TPSA) is 92.3 Å². The number of sulfonamides is 2. The van der Waals surface area contributed by atoms with Crippen LogP contribution in [0, 0.1) is 0 Å². The number of hydrogen-bond acceptors (Lipinski definition) is 5. The second-order valence-electron chi connectivity index (χ2n) is 4.96. The largest absolute Gasteiger partial charge is 0.279 e. The summed E-state index contributed by atoms with van der Waals surface area (Å²) in [5, 5.41) is 1.67. The standard InChI is InChI=1S/C13H14N2O4S3/c16-21(17,14-10-3-4-10)12-7-5-11(6-8-12)15-22(18,19)13-2-1-9-20-13/h1-2,5-10,14-15H,3-4H2. The first-order valence-corrected chi connectivity index (χ1v) is 10.4. The van der Waals surface area contributed by atoms with Gasteiger partial charge in [0.15, 0.2) is 0 Å². The van der Waals surface area contributed by atoms with Gasteiger partial charge in [0.05, 0.1) is 4.90 Å². The summed E-state index contributed by atoms with van der Waals surface area (Å²) in [6.07, 6.45) is 1.72. The van der Waals surface area contributed by atoms with Crippen LogP contribution in [0.4, 0.5) is 5.69 Å². The molecule has 0 saturated heterocycles. The summed E-state index contributed by atoms with van der Waals surface area (Å²) in [5.74, 6) is 0. The Morgan fingerprint density at radius 3 is 2.18 bits per heavy atom. The van der Waals surface area contributed by atoms with Gasteiger partial charge >= 0.3 is 0 Å².